The first-order valence-corrected chi connectivity index (χ1v) is 7.34. The molecule has 0 radical (unpaired) electrons. The first-order valence-electron chi connectivity index (χ1n) is 7.34. The molecule has 2 heterocycles. The summed E-state index contributed by atoms with van der Waals surface area (Å²) in [7, 11) is 0. The Balaban J connectivity index is 1.75. The van der Waals surface area contributed by atoms with Gasteiger partial charge in [-0.25, -0.2) is 0 Å². The molecule has 0 aromatic carbocycles. The Morgan fingerprint density at radius 3 is 2.67 bits per heavy atom. The molecule has 114 valence electrons. The number of amides is 2. The van der Waals surface area contributed by atoms with Crippen molar-refractivity contribution in [3.63, 3.8) is 0 Å². The average Bonchev–Trinajstić information content (AvgIpc) is 2.49. The van der Waals surface area contributed by atoms with E-state index in [4.69, 9.17) is 0 Å². The van der Waals surface area contributed by atoms with Crippen molar-refractivity contribution in [2.75, 3.05) is 39.3 Å². The lowest BCUT2D eigenvalue weighted by Crippen LogP contribution is -2.51. The summed E-state index contributed by atoms with van der Waals surface area (Å²) in [5.74, 6) is 0.174. The van der Waals surface area contributed by atoms with Gasteiger partial charge in [-0.15, -0.1) is 0 Å². The van der Waals surface area contributed by atoms with Crippen LogP contribution in [-0.2, 0) is 16.0 Å². The number of aromatic nitrogens is 1. The molecule has 0 bridgehead atoms. The molecule has 1 aromatic rings. The van der Waals surface area contributed by atoms with Gasteiger partial charge < -0.3 is 10.2 Å². The summed E-state index contributed by atoms with van der Waals surface area (Å²) in [6.45, 7) is 5.83. The minimum atomic E-state index is 0.0487. The predicted molar refractivity (Wildman–Crippen MR) is 79.6 cm³/mol. The fourth-order valence-electron chi connectivity index (χ4n) is 2.40. The van der Waals surface area contributed by atoms with E-state index in [9.17, 15) is 9.59 Å². The lowest BCUT2D eigenvalue weighted by Gasteiger charge is -2.34. The Kier molecular flexibility index (Phi) is 5.68. The second kappa shape index (κ2) is 7.73. The number of nitrogens with zero attached hydrogens (tertiary/aromatic N) is 3. The summed E-state index contributed by atoms with van der Waals surface area (Å²) < 4.78 is 0. The largest absolute Gasteiger partial charge is 0.355 e. The highest BCUT2D eigenvalue weighted by molar-refractivity contribution is 5.79. The molecule has 1 aliphatic heterocycles. The summed E-state index contributed by atoms with van der Waals surface area (Å²) in [6, 6.07) is 3.75. The Hall–Kier alpha value is -1.95. The molecule has 6 heteroatoms. The fourth-order valence-corrected chi connectivity index (χ4v) is 2.40. The second-order valence-electron chi connectivity index (χ2n) is 5.15. The van der Waals surface area contributed by atoms with E-state index in [0.29, 0.717) is 32.6 Å². The number of pyridine rings is 1. The van der Waals surface area contributed by atoms with Gasteiger partial charge in [0.25, 0.3) is 0 Å². The molecule has 0 unspecified atom stereocenters. The molecule has 21 heavy (non-hydrogen) atoms. The molecule has 0 spiro atoms. The fraction of sp³-hybridized carbons (Fsp3) is 0.533. The Morgan fingerprint density at radius 2 is 2.05 bits per heavy atom. The molecule has 1 saturated heterocycles. The van der Waals surface area contributed by atoms with Crippen LogP contribution in [0.4, 0.5) is 0 Å². The molecule has 1 fully saturated rings. The van der Waals surface area contributed by atoms with Crippen LogP contribution in [0.2, 0.25) is 0 Å². The molecule has 0 saturated carbocycles. The van der Waals surface area contributed by atoms with E-state index in [0.717, 1.165) is 18.7 Å². The van der Waals surface area contributed by atoms with Crippen LogP contribution in [0, 0.1) is 0 Å². The molecular weight excluding hydrogens is 268 g/mol. The number of piperazine rings is 1. The Labute approximate surface area is 125 Å². The minimum Gasteiger partial charge on any atom is -0.355 e. The molecule has 6 nitrogen and oxygen atoms in total. The normalized spacial score (nSPS) is 15.8. The number of nitrogens with one attached hydrogen (secondary N) is 1. The van der Waals surface area contributed by atoms with Crippen molar-refractivity contribution in [2.45, 2.75) is 13.3 Å². The van der Waals surface area contributed by atoms with Gasteiger partial charge in [-0.2, -0.15) is 0 Å². The molecule has 2 rings (SSSR count). The van der Waals surface area contributed by atoms with Crippen molar-refractivity contribution >= 4 is 11.8 Å². The van der Waals surface area contributed by atoms with Crippen LogP contribution in [0.5, 0.6) is 0 Å². The molecule has 2 amide bonds. The summed E-state index contributed by atoms with van der Waals surface area (Å²) >= 11 is 0. The summed E-state index contributed by atoms with van der Waals surface area (Å²) in [4.78, 5) is 31.7. The van der Waals surface area contributed by atoms with Gasteiger partial charge in [-0.3, -0.25) is 19.5 Å². The molecule has 1 N–H and O–H groups in total. The van der Waals surface area contributed by atoms with E-state index >= 15 is 0 Å². The van der Waals surface area contributed by atoms with Gasteiger partial charge in [0.1, 0.15) is 0 Å². The van der Waals surface area contributed by atoms with Crippen molar-refractivity contribution in [1.29, 1.82) is 0 Å². The van der Waals surface area contributed by atoms with Gasteiger partial charge in [0.15, 0.2) is 0 Å². The van der Waals surface area contributed by atoms with Crippen molar-refractivity contribution in [3.05, 3.63) is 30.1 Å². The van der Waals surface area contributed by atoms with Crippen molar-refractivity contribution in [2.24, 2.45) is 0 Å². The van der Waals surface area contributed by atoms with Gasteiger partial charge in [0.2, 0.25) is 11.8 Å². The quantitative estimate of drug-likeness (QED) is 0.823. The third-order valence-corrected chi connectivity index (χ3v) is 3.54. The van der Waals surface area contributed by atoms with E-state index in [-0.39, 0.29) is 11.8 Å². The lowest BCUT2D eigenvalue weighted by atomic mass is 10.2. The Bertz CT molecular complexity index is 470. The maximum Gasteiger partial charge on any atom is 0.234 e. The molecule has 0 atom stereocenters. The monoisotopic (exact) mass is 290 g/mol. The van der Waals surface area contributed by atoms with Crippen LogP contribution in [-0.4, -0.2) is 65.9 Å². The van der Waals surface area contributed by atoms with Gasteiger partial charge in [-0.1, -0.05) is 6.07 Å². The van der Waals surface area contributed by atoms with Crippen LogP contribution in [0.25, 0.3) is 0 Å². The van der Waals surface area contributed by atoms with Gasteiger partial charge >= 0.3 is 0 Å². The number of hydrogen-bond donors (Lipinski definition) is 1. The van der Waals surface area contributed by atoms with Crippen molar-refractivity contribution in [3.8, 4) is 0 Å². The topological polar surface area (TPSA) is 65.5 Å². The minimum absolute atomic E-state index is 0.0487. The first-order chi connectivity index (χ1) is 10.2. The van der Waals surface area contributed by atoms with Crippen LogP contribution >= 0.6 is 0 Å². The highest BCUT2D eigenvalue weighted by Gasteiger charge is 2.22. The van der Waals surface area contributed by atoms with E-state index in [1.807, 2.05) is 24.0 Å². The van der Waals surface area contributed by atoms with Crippen LogP contribution in [0.15, 0.2) is 24.5 Å². The number of rotatable bonds is 5. The zero-order valence-electron chi connectivity index (χ0n) is 12.4. The number of carbonyl (C=O) groups is 2. The molecule has 1 aliphatic rings. The van der Waals surface area contributed by atoms with Crippen LogP contribution < -0.4 is 5.32 Å². The SMILES string of the molecule is CCNC(=O)CN1CCN(C(=O)Cc2cccnc2)CC1. The maximum absolute atomic E-state index is 12.2. The summed E-state index contributed by atoms with van der Waals surface area (Å²) in [5, 5.41) is 2.79. The number of carbonyl (C=O) groups excluding carboxylic acids is 2. The van der Waals surface area contributed by atoms with Gasteiger partial charge in [0.05, 0.1) is 13.0 Å². The third-order valence-electron chi connectivity index (χ3n) is 3.54. The highest BCUT2D eigenvalue weighted by Crippen LogP contribution is 2.06. The zero-order chi connectivity index (χ0) is 15.1. The first kappa shape index (κ1) is 15.4. The maximum atomic E-state index is 12.2. The van der Waals surface area contributed by atoms with Gasteiger partial charge in [0, 0.05) is 45.1 Å². The number of likely N-dealkylation sites (N-methyl/N-ethyl adjacent to an activating group) is 1. The summed E-state index contributed by atoms with van der Waals surface area (Å²) in [6.07, 6.45) is 3.82. The van der Waals surface area contributed by atoms with Crippen LogP contribution in [0.3, 0.4) is 0 Å². The smallest absolute Gasteiger partial charge is 0.234 e. The molecular formula is C15H22N4O2. The Morgan fingerprint density at radius 1 is 1.29 bits per heavy atom. The van der Waals surface area contributed by atoms with E-state index < -0.39 is 0 Å². The second-order valence-corrected chi connectivity index (χ2v) is 5.15. The molecule has 0 aliphatic carbocycles. The standard InChI is InChI=1S/C15H22N4O2/c1-2-17-14(20)12-18-6-8-19(9-7-18)15(21)10-13-4-3-5-16-11-13/h3-5,11H,2,6-10,12H2,1H3,(H,17,20). The lowest BCUT2D eigenvalue weighted by molar-refractivity contribution is -0.132. The highest BCUT2D eigenvalue weighted by atomic mass is 16.2. The predicted octanol–water partition coefficient (Wildman–Crippen LogP) is -0.0956. The average molecular weight is 290 g/mol. The van der Waals surface area contributed by atoms with E-state index in [1.165, 1.54) is 0 Å². The zero-order valence-corrected chi connectivity index (χ0v) is 12.4. The van der Waals surface area contributed by atoms with Crippen molar-refractivity contribution < 1.29 is 9.59 Å². The number of hydrogen-bond acceptors (Lipinski definition) is 4. The summed E-state index contributed by atoms with van der Waals surface area (Å²) in [5.41, 5.74) is 0.937. The van der Waals surface area contributed by atoms with Gasteiger partial charge in [-0.05, 0) is 18.6 Å². The van der Waals surface area contributed by atoms with Crippen molar-refractivity contribution in [1.82, 2.24) is 20.1 Å². The van der Waals surface area contributed by atoms with E-state index in [1.54, 1.807) is 12.4 Å². The van der Waals surface area contributed by atoms with Crippen LogP contribution in [0.1, 0.15) is 12.5 Å². The molecule has 1 aromatic heterocycles. The van der Waals surface area contributed by atoms with E-state index in [2.05, 4.69) is 15.2 Å². The third kappa shape index (κ3) is 4.82.